The molecule has 0 aliphatic carbocycles. The van der Waals surface area contributed by atoms with Gasteiger partial charge in [0.15, 0.2) is 0 Å². The van der Waals surface area contributed by atoms with Crippen LogP contribution in [0.2, 0.25) is 0 Å². The van der Waals surface area contributed by atoms with Crippen LogP contribution in [0, 0.1) is 0 Å². The number of hydrogen-bond donors (Lipinski definition) is 1. The highest BCUT2D eigenvalue weighted by atomic mass is 16.5. The van der Waals surface area contributed by atoms with Crippen LogP contribution in [-0.4, -0.2) is 17.0 Å². The predicted molar refractivity (Wildman–Crippen MR) is 91.2 cm³/mol. The van der Waals surface area contributed by atoms with Crippen LogP contribution in [0.5, 0.6) is 0 Å². The fourth-order valence-electron chi connectivity index (χ4n) is 2.74. The second-order valence-corrected chi connectivity index (χ2v) is 5.47. The number of carbonyl (C=O) groups is 2. The summed E-state index contributed by atoms with van der Waals surface area (Å²) in [6.07, 6.45) is -0.495. The summed E-state index contributed by atoms with van der Waals surface area (Å²) in [5, 5.41) is 11.3. The second kappa shape index (κ2) is 6.54. The summed E-state index contributed by atoms with van der Waals surface area (Å²) < 4.78 is 5.52. The highest BCUT2D eigenvalue weighted by Gasteiger charge is 2.20. The SMILES string of the molecule is C[C@H](OC(=O)c1ccccc1C(=O)O)c1cccc2ccccc12. The minimum absolute atomic E-state index is 0.0529. The molecule has 0 spiro atoms. The van der Waals surface area contributed by atoms with E-state index >= 15 is 0 Å². The molecule has 0 saturated carbocycles. The van der Waals surface area contributed by atoms with Crippen molar-refractivity contribution in [1.82, 2.24) is 0 Å². The van der Waals surface area contributed by atoms with E-state index in [2.05, 4.69) is 0 Å². The van der Waals surface area contributed by atoms with Gasteiger partial charge in [0, 0.05) is 0 Å². The number of esters is 1. The molecular formula is C20H16O4. The first-order valence-electron chi connectivity index (χ1n) is 7.59. The van der Waals surface area contributed by atoms with E-state index in [1.54, 1.807) is 19.1 Å². The zero-order chi connectivity index (χ0) is 17.1. The highest BCUT2D eigenvalue weighted by Crippen LogP contribution is 2.27. The molecule has 1 atom stereocenters. The maximum absolute atomic E-state index is 12.4. The first-order chi connectivity index (χ1) is 11.6. The summed E-state index contributed by atoms with van der Waals surface area (Å²) >= 11 is 0. The molecule has 3 aromatic rings. The van der Waals surface area contributed by atoms with Gasteiger partial charge in [-0.15, -0.1) is 0 Å². The van der Waals surface area contributed by atoms with E-state index in [0.29, 0.717) is 0 Å². The van der Waals surface area contributed by atoms with Crippen molar-refractivity contribution in [3.05, 3.63) is 83.4 Å². The minimum Gasteiger partial charge on any atom is -0.478 e. The molecule has 0 unspecified atom stereocenters. The van der Waals surface area contributed by atoms with Crippen molar-refractivity contribution in [2.75, 3.05) is 0 Å². The van der Waals surface area contributed by atoms with Gasteiger partial charge >= 0.3 is 11.9 Å². The number of benzene rings is 3. The van der Waals surface area contributed by atoms with Gasteiger partial charge in [-0.3, -0.25) is 0 Å². The smallest absolute Gasteiger partial charge is 0.339 e. The number of rotatable bonds is 4. The fourth-order valence-corrected chi connectivity index (χ4v) is 2.74. The Hall–Kier alpha value is -3.14. The minimum atomic E-state index is -1.15. The summed E-state index contributed by atoms with van der Waals surface area (Å²) in [6.45, 7) is 1.78. The van der Waals surface area contributed by atoms with Crippen molar-refractivity contribution in [2.24, 2.45) is 0 Å². The molecule has 0 aliphatic rings. The third kappa shape index (κ3) is 2.99. The number of aromatic carboxylic acids is 1. The van der Waals surface area contributed by atoms with Crippen LogP contribution in [0.4, 0.5) is 0 Å². The Morgan fingerprint density at radius 1 is 0.875 bits per heavy atom. The van der Waals surface area contributed by atoms with Gasteiger partial charge in [0.2, 0.25) is 0 Å². The Morgan fingerprint density at radius 2 is 1.50 bits per heavy atom. The summed E-state index contributed by atoms with van der Waals surface area (Å²) in [7, 11) is 0. The normalized spacial score (nSPS) is 11.9. The fraction of sp³-hybridized carbons (Fsp3) is 0.100. The Bertz CT molecular complexity index is 909. The van der Waals surface area contributed by atoms with Gasteiger partial charge in [0.25, 0.3) is 0 Å². The molecule has 0 aliphatic heterocycles. The van der Waals surface area contributed by atoms with E-state index in [9.17, 15) is 14.7 Å². The lowest BCUT2D eigenvalue weighted by Gasteiger charge is -2.16. The van der Waals surface area contributed by atoms with E-state index in [1.165, 1.54) is 12.1 Å². The van der Waals surface area contributed by atoms with Crippen LogP contribution < -0.4 is 0 Å². The standard InChI is InChI=1S/C20H16O4/c1-13(15-12-6-8-14-7-2-3-9-16(14)15)24-20(23)18-11-5-4-10-17(18)19(21)22/h2-13H,1H3,(H,21,22)/t13-/m0/s1. The first-order valence-corrected chi connectivity index (χ1v) is 7.59. The third-order valence-electron chi connectivity index (χ3n) is 3.92. The van der Waals surface area contributed by atoms with E-state index < -0.39 is 18.0 Å². The molecular weight excluding hydrogens is 304 g/mol. The lowest BCUT2D eigenvalue weighted by molar-refractivity contribution is 0.0334. The van der Waals surface area contributed by atoms with Crippen LogP contribution in [0.1, 0.15) is 39.3 Å². The van der Waals surface area contributed by atoms with Crippen molar-refractivity contribution in [3.8, 4) is 0 Å². The van der Waals surface area contributed by atoms with E-state index in [1.807, 2.05) is 42.5 Å². The largest absolute Gasteiger partial charge is 0.478 e. The van der Waals surface area contributed by atoms with Crippen molar-refractivity contribution in [2.45, 2.75) is 13.0 Å². The molecule has 24 heavy (non-hydrogen) atoms. The van der Waals surface area contributed by atoms with Crippen LogP contribution >= 0.6 is 0 Å². The van der Waals surface area contributed by atoms with Crippen molar-refractivity contribution in [3.63, 3.8) is 0 Å². The molecule has 0 bridgehead atoms. The molecule has 0 heterocycles. The van der Waals surface area contributed by atoms with Gasteiger partial charge < -0.3 is 9.84 Å². The number of carboxylic acids is 1. The molecule has 0 amide bonds. The van der Waals surface area contributed by atoms with Gasteiger partial charge in [-0.05, 0) is 35.4 Å². The quantitative estimate of drug-likeness (QED) is 0.721. The van der Waals surface area contributed by atoms with Crippen LogP contribution in [0.3, 0.4) is 0 Å². The molecule has 3 aromatic carbocycles. The number of carboxylic acid groups (broad SMARTS) is 1. The van der Waals surface area contributed by atoms with Crippen molar-refractivity contribution < 1.29 is 19.4 Å². The molecule has 0 saturated heterocycles. The molecule has 4 heteroatoms. The Kier molecular flexibility index (Phi) is 4.29. The number of fused-ring (bicyclic) bond motifs is 1. The van der Waals surface area contributed by atoms with E-state index in [-0.39, 0.29) is 11.1 Å². The van der Waals surface area contributed by atoms with E-state index in [4.69, 9.17) is 4.74 Å². The summed E-state index contributed by atoms with van der Waals surface area (Å²) in [4.78, 5) is 23.7. The summed E-state index contributed by atoms with van der Waals surface area (Å²) in [6, 6.07) is 19.7. The van der Waals surface area contributed by atoms with Crippen molar-refractivity contribution >= 4 is 22.7 Å². The van der Waals surface area contributed by atoms with Crippen LogP contribution in [0.25, 0.3) is 10.8 Å². The highest BCUT2D eigenvalue weighted by molar-refractivity contribution is 6.02. The third-order valence-corrected chi connectivity index (χ3v) is 3.92. The van der Waals surface area contributed by atoms with Gasteiger partial charge in [-0.1, -0.05) is 54.6 Å². The topological polar surface area (TPSA) is 63.6 Å². The first kappa shape index (κ1) is 15.7. The predicted octanol–water partition coefficient (Wildman–Crippen LogP) is 4.46. The van der Waals surface area contributed by atoms with Crippen LogP contribution in [-0.2, 0) is 4.74 Å². The van der Waals surface area contributed by atoms with Crippen LogP contribution in [0.15, 0.2) is 66.7 Å². The molecule has 3 rings (SSSR count). The zero-order valence-corrected chi connectivity index (χ0v) is 13.1. The molecule has 0 radical (unpaired) electrons. The van der Waals surface area contributed by atoms with Gasteiger partial charge in [0.1, 0.15) is 6.10 Å². The lowest BCUT2D eigenvalue weighted by Crippen LogP contribution is -2.14. The molecule has 0 fully saturated rings. The maximum atomic E-state index is 12.4. The number of carbonyl (C=O) groups excluding carboxylic acids is 1. The number of ether oxygens (including phenoxy) is 1. The zero-order valence-electron chi connectivity index (χ0n) is 13.1. The average Bonchev–Trinajstić information content (AvgIpc) is 2.61. The maximum Gasteiger partial charge on any atom is 0.339 e. The molecule has 120 valence electrons. The Morgan fingerprint density at radius 3 is 2.25 bits per heavy atom. The lowest BCUT2D eigenvalue weighted by atomic mass is 10.0. The van der Waals surface area contributed by atoms with Gasteiger partial charge in [-0.25, -0.2) is 9.59 Å². The Labute approximate surface area is 139 Å². The molecule has 1 N–H and O–H groups in total. The Balaban J connectivity index is 1.91. The second-order valence-electron chi connectivity index (χ2n) is 5.47. The van der Waals surface area contributed by atoms with Gasteiger partial charge in [0.05, 0.1) is 11.1 Å². The summed E-state index contributed by atoms with van der Waals surface area (Å²) in [5.74, 6) is -1.80. The number of hydrogen-bond acceptors (Lipinski definition) is 3. The van der Waals surface area contributed by atoms with Crippen molar-refractivity contribution in [1.29, 1.82) is 0 Å². The average molecular weight is 320 g/mol. The monoisotopic (exact) mass is 320 g/mol. The van der Waals surface area contributed by atoms with Gasteiger partial charge in [-0.2, -0.15) is 0 Å². The summed E-state index contributed by atoms with van der Waals surface area (Å²) in [5.41, 5.74) is 0.874. The van der Waals surface area contributed by atoms with E-state index in [0.717, 1.165) is 16.3 Å². The molecule has 4 nitrogen and oxygen atoms in total. The molecule has 0 aromatic heterocycles.